The molecular formula is C29H38O3. The Morgan fingerprint density at radius 3 is 2.50 bits per heavy atom. The van der Waals surface area contributed by atoms with Gasteiger partial charge in [-0.1, -0.05) is 51.0 Å². The number of hydrogen-bond donors (Lipinski definition) is 0. The van der Waals surface area contributed by atoms with E-state index in [2.05, 4.69) is 20.8 Å². The van der Waals surface area contributed by atoms with Crippen molar-refractivity contribution in [1.82, 2.24) is 0 Å². The van der Waals surface area contributed by atoms with Crippen molar-refractivity contribution >= 4 is 11.8 Å². The monoisotopic (exact) mass is 434 g/mol. The van der Waals surface area contributed by atoms with Crippen molar-refractivity contribution in [3.8, 4) is 0 Å². The standard InChI is InChI=1S/C29H38O3/c1-4-15-29(32-26(31)20-8-6-5-7-9-20)18-14-25-23-11-10-21-19-22(30)12-16-27(21,2)24(23)13-17-28(25,29)3/h5-9,19,23-25H,4,10-18H2,1-3H3/t23-,24-,25+,27+,28+,29?/m1/s1. The Labute approximate surface area is 193 Å². The molecule has 0 bridgehead atoms. The maximum absolute atomic E-state index is 13.2. The number of ketones is 1. The molecule has 0 amide bonds. The molecule has 3 heteroatoms. The highest BCUT2D eigenvalue weighted by Gasteiger charge is 2.65. The Balaban J connectivity index is 1.45. The lowest BCUT2D eigenvalue weighted by Gasteiger charge is -2.59. The SMILES string of the molecule is CCCC1(OC(=O)c2ccccc2)CC[C@H]2[C@@H]3CCC4=CC(=O)CC[C@]4(C)[C@@H]3CC[C@@]21C. The molecule has 6 atom stereocenters. The first-order chi connectivity index (χ1) is 15.3. The van der Waals surface area contributed by atoms with Crippen LogP contribution in [0.1, 0.15) is 95.3 Å². The van der Waals surface area contributed by atoms with E-state index >= 15 is 0 Å². The van der Waals surface area contributed by atoms with Gasteiger partial charge in [0.05, 0.1) is 5.56 Å². The van der Waals surface area contributed by atoms with Crippen LogP contribution < -0.4 is 0 Å². The number of carbonyl (C=O) groups is 2. The van der Waals surface area contributed by atoms with Gasteiger partial charge >= 0.3 is 5.97 Å². The lowest BCUT2D eigenvalue weighted by molar-refractivity contribution is -0.137. The van der Waals surface area contributed by atoms with Crippen molar-refractivity contribution in [2.75, 3.05) is 0 Å². The van der Waals surface area contributed by atoms with Crippen LogP contribution in [0.5, 0.6) is 0 Å². The number of benzene rings is 1. The van der Waals surface area contributed by atoms with E-state index in [-0.39, 0.29) is 22.4 Å². The molecule has 3 nitrogen and oxygen atoms in total. The molecule has 0 N–H and O–H groups in total. The van der Waals surface area contributed by atoms with Gasteiger partial charge in [0.15, 0.2) is 5.78 Å². The molecule has 32 heavy (non-hydrogen) atoms. The van der Waals surface area contributed by atoms with E-state index in [4.69, 9.17) is 4.74 Å². The summed E-state index contributed by atoms with van der Waals surface area (Å²) in [5.74, 6) is 2.11. The second-order valence-electron chi connectivity index (χ2n) is 11.5. The Morgan fingerprint density at radius 1 is 1.00 bits per heavy atom. The highest BCUT2D eigenvalue weighted by molar-refractivity contribution is 5.91. The normalized spacial score (nSPS) is 40.7. The molecule has 4 aliphatic rings. The quantitative estimate of drug-likeness (QED) is 0.483. The van der Waals surface area contributed by atoms with Gasteiger partial charge in [0.1, 0.15) is 5.60 Å². The molecule has 1 unspecified atom stereocenters. The summed E-state index contributed by atoms with van der Waals surface area (Å²) in [5.41, 5.74) is 1.96. The van der Waals surface area contributed by atoms with Crippen LogP contribution in [0.4, 0.5) is 0 Å². The van der Waals surface area contributed by atoms with Crippen LogP contribution in [0.3, 0.4) is 0 Å². The maximum atomic E-state index is 13.2. The van der Waals surface area contributed by atoms with Crippen LogP contribution >= 0.6 is 0 Å². The topological polar surface area (TPSA) is 43.4 Å². The largest absolute Gasteiger partial charge is 0.455 e. The molecule has 1 aromatic carbocycles. The fourth-order valence-electron chi connectivity index (χ4n) is 8.50. The smallest absolute Gasteiger partial charge is 0.338 e. The Morgan fingerprint density at radius 2 is 1.75 bits per heavy atom. The zero-order valence-electron chi connectivity index (χ0n) is 20.0. The van der Waals surface area contributed by atoms with Crippen LogP contribution in [-0.2, 0) is 9.53 Å². The molecule has 1 aromatic rings. The summed E-state index contributed by atoms with van der Waals surface area (Å²) < 4.78 is 6.53. The number of allylic oxidation sites excluding steroid dienone is 1. The third kappa shape index (κ3) is 3.14. The van der Waals surface area contributed by atoms with E-state index in [0.717, 1.165) is 44.9 Å². The van der Waals surface area contributed by atoms with Crippen molar-refractivity contribution in [1.29, 1.82) is 0 Å². The van der Waals surface area contributed by atoms with E-state index < -0.39 is 0 Å². The van der Waals surface area contributed by atoms with Crippen molar-refractivity contribution in [3.63, 3.8) is 0 Å². The summed E-state index contributed by atoms with van der Waals surface area (Å²) in [5, 5.41) is 0. The minimum atomic E-state index is -0.357. The Bertz CT molecular complexity index is 933. The lowest BCUT2D eigenvalue weighted by Crippen LogP contribution is -2.56. The highest BCUT2D eigenvalue weighted by atomic mass is 16.6. The third-order valence-electron chi connectivity index (χ3n) is 10.2. The molecule has 5 rings (SSSR count). The van der Waals surface area contributed by atoms with Gasteiger partial charge in [-0.05, 0) is 92.7 Å². The van der Waals surface area contributed by atoms with E-state index in [1.165, 1.54) is 18.4 Å². The number of fused-ring (bicyclic) bond motifs is 5. The van der Waals surface area contributed by atoms with E-state index in [1.807, 2.05) is 36.4 Å². The molecular weight excluding hydrogens is 396 g/mol. The number of esters is 1. The second-order valence-corrected chi connectivity index (χ2v) is 11.5. The molecule has 0 spiro atoms. The molecule has 0 aliphatic heterocycles. The summed E-state index contributed by atoms with van der Waals surface area (Å²) >= 11 is 0. The van der Waals surface area contributed by atoms with Crippen LogP contribution in [0, 0.1) is 28.6 Å². The number of carbonyl (C=O) groups excluding carboxylic acids is 2. The van der Waals surface area contributed by atoms with Gasteiger partial charge in [-0.15, -0.1) is 0 Å². The molecule has 172 valence electrons. The van der Waals surface area contributed by atoms with E-state index in [1.54, 1.807) is 0 Å². The minimum Gasteiger partial charge on any atom is -0.455 e. The predicted molar refractivity (Wildman–Crippen MR) is 126 cm³/mol. The van der Waals surface area contributed by atoms with Crippen molar-refractivity contribution in [2.24, 2.45) is 28.6 Å². The number of rotatable bonds is 4. The molecule has 0 saturated heterocycles. The van der Waals surface area contributed by atoms with Crippen molar-refractivity contribution in [2.45, 2.75) is 90.6 Å². The average molecular weight is 435 g/mol. The van der Waals surface area contributed by atoms with Gasteiger partial charge in [-0.2, -0.15) is 0 Å². The summed E-state index contributed by atoms with van der Waals surface area (Å²) in [6, 6.07) is 9.51. The predicted octanol–water partition coefficient (Wildman–Crippen LogP) is 6.91. The molecule has 3 saturated carbocycles. The fraction of sp³-hybridized carbons (Fsp3) is 0.655. The Hall–Kier alpha value is -1.90. The first-order valence-corrected chi connectivity index (χ1v) is 12.9. The van der Waals surface area contributed by atoms with E-state index in [0.29, 0.717) is 35.5 Å². The molecule has 0 aromatic heterocycles. The summed E-state index contributed by atoms with van der Waals surface area (Å²) in [6.07, 6.45) is 12.4. The van der Waals surface area contributed by atoms with Crippen molar-refractivity contribution in [3.05, 3.63) is 47.5 Å². The molecule has 0 heterocycles. The Kier molecular flexibility index (Phi) is 5.38. The maximum Gasteiger partial charge on any atom is 0.338 e. The van der Waals surface area contributed by atoms with Crippen LogP contribution in [0.25, 0.3) is 0 Å². The van der Waals surface area contributed by atoms with E-state index in [9.17, 15) is 9.59 Å². The first-order valence-electron chi connectivity index (χ1n) is 12.9. The summed E-state index contributed by atoms with van der Waals surface area (Å²) in [7, 11) is 0. The van der Waals surface area contributed by atoms with Gasteiger partial charge in [0.2, 0.25) is 0 Å². The zero-order chi connectivity index (χ0) is 22.6. The van der Waals surface area contributed by atoms with Crippen molar-refractivity contribution < 1.29 is 14.3 Å². The second kappa shape index (κ2) is 7.85. The van der Waals surface area contributed by atoms with Gasteiger partial charge < -0.3 is 4.74 Å². The van der Waals surface area contributed by atoms with Gasteiger partial charge in [-0.25, -0.2) is 4.79 Å². The third-order valence-corrected chi connectivity index (χ3v) is 10.2. The summed E-state index contributed by atoms with van der Waals surface area (Å²) in [4.78, 5) is 25.3. The average Bonchev–Trinajstić information content (AvgIpc) is 3.07. The minimum absolute atomic E-state index is 0.0384. The van der Waals surface area contributed by atoms with Crippen LogP contribution in [0.2, 0.25) is 0 Å². The molecule has 0 radical (unpaired) electrons. The first kappa shape index (κ1) is 21.9. The van der Waals surface area contributed by atoms with Gasteiger partial charge in [0, 0.05) is 11.8 Å². The highest BCUT2D eigenvalue weighted by Crippen LogP contribution is 2.69. The molecule has 4 aliphatic carbocycles. The zero-order valence-corrected chi connectivity index (χ0v) is 20.0. The lowest BCUT2D eigenvalue weighted by atomic mass is 9.46. The fourth-order valence-corrected chi connectivity index (χ4v) is 8.50. The van der Waals surface area contributed by atoms with Crippen LogP contribution in [-0.4, -0.2) is 17.4 Å². The summed E-state index contributed by atoms with van der Waals surface area (Å²) in [6.45, 7) is 7.10. The number of hydrogen-bond acceptors (Lipinski definition) is 3. The van der Waals surface area contributed by atoms with Crippen LogP contribution in [0.15, 0.2) is 42.0 Å². The molecule has 3 fully saturated rings. The number of ether oxygens (including phenoxy) is 1. The van der Waals surface area contributed by atoms with Gasteiger partial charge in [-0.3, -0.25) is 4.79 Å². The van der Waals surface area contributed by atoms with Gasteiger partial charge in [0.25, 0.3) is 0 Å².